The largest absolute Gasteiger partial charge is 0.439 e. The second-order valence-electron chi connectivity index (χ2n) is 9.12. The van der Waals surface area contributed by atoms with Crippen molar-refractivity contribution in [3.8, 4) is 11.6 Å². The van der Waals surface area contributed by atoms with Crippen LogP contribution >= 0.6 is 0 Å². The average molecular weight is 410 g/mol. The molecule has 0 aliphatic carbocycles. The first-order valence-corrected chi connectivity index (χ1v) is 10.8. The zero-order chi connectivity index (χ0) is 21.1. The molecular formula is C24H31N3O3. The Balaban J connectivity index is 1.52. The van der Waals surface area contributed by atoms with Gasteiger partial charge in [-0.3, -0.25) is 4.79 Å². The number of aliphatic hydroxyl groups excluding tert-OH is 1. The normalized spacial score (nSPS) is 22.6. The Bertz CT molecular complexity index is 854. The van der Waals surface area contributed by atoms with Crippen LogP contribution in [0.5, 0.6) is 11.6 Å². The summed E-state index contributed by atoms with van der Waals surface area (Å²) in [6.45, 7) is 7.20. The van der Waals surface area contributed by atoms with Gasteiger partial charge in [0.1, 0.15) is 5.75 Å². The molecule has 160 valence electrons. The first-order chi connectivity index (χ1) is 14.5. The summed E-state index contributed by atoms with van der Waals surface area (Å²) in [4.78, 5) is 21.4. The van der Waals surface area contributed by atoms with Crippen LogP contribution in [0.25, 0.3) is 0 Å². The van der Waals surface area contributed by atoms with Gasteiger partial charge in [0.15, 0.2) is 0 Å². The number of carbonyl (C=O) groups excluding carboxylic acids is 1. The molecule has 0 saturated carbocycles. The quantitative estimate of drug-likeness (QED) is 0.788. The van der Waals surface area contributed by atoms with E-state index in [4.69, 9.17) is 9.84 Å². The highest BCUT2D eigenvalue weighted by Gasteiger charge is 2.46. The first kappa shape index (κ1) is 20.7. The lowest BCUT2D eigenvalue weighted by atomic mass is 9.73. The summed E-state index contributed by atoms with van der Waals surface area (Å²) in [6.07, 6.45) is 3.80. The van der Waals surface area contributed by atoms with Crippen molar-refractivity contribution in [2.24, 2.45) is 11.3 Å². The Morgan fingerprint density at radius 2 is 1.97 bits per heavy atom. The van der Waals surface area contributed by atoms with Crippen LogP contribution in [0.15, 0.2) is 48.7 Å². The molecule has 6 nitrogen and oxygen atoms in total. The zero-order valence-electron chi connectivity index (χ0n) is 17.8. The summed E-state index contributed by atoms with van der Waals surface area (Å²) in [7, 11) is 0. The van der Waals surface area contributed by atoms with E-state index in [1.165, 1.54) is 0 Å². The SMILES string of the molecule is CC1(C)CC2CN(C(=O)CCCO)C[C@H]1N(c1ccc(Oc3ccccn3)cc1)C2. The lowest BCUT2D eigenvalue weighted by molar-refractivity contribution is -0.131. The molecule has 2 bridgehead atoms. The van der Waals surface area contributed by atoms with Gasteiger partial charge in [-0.05, 0) is 54.5 Å². The maximum absolute atomic E-state index is 12.7. The van der Waals surface area contributed by atoms with Crippen molar-refractivity contribution in [2.45, 2.75) is 39.2 Å². The minimum absolute atomic E-state index is 0.0664. The van der Waals surface area contributed by atoms with Gasteiger partial charge in [-0.2, -0.15) is 0 Å². The second kappa shape index (κ2) is 8.64. The Morgan fingerprint density at radius 1 is 1.17 bits per heavy atom. The summed E-state index contributed by atoms with van der Waals surface area (Å²) in [5.41, 5.74) is 1.29. The van der Waals surface area contributed by atoms with E-state index in [1.807, 2.05) is 35.2 Å². The van der Waals surface area contributed by atoms with Gasteiger partial charge in [-0.1, -0.05) is 19.9 Å². The molecule has 2 aromatic rings. The standard InChI is InChI=1S/C24H31N3O3/c1-24(2)14-18-15-26(23(29)7-5-13-28)17-21(24)27(16-18)19-8-10-20(11-9-19)30-22-6-3-4-12-25-22/h3-4,6,8-12,18,21,28H,5,7,13-17H2,1-2H3/t18?,21-/m1/s1. The van der Waals surface area contributed by atoms with Crippen LogP contribution in [-0.4, -0.2) is 53.2 Å². The van der Waals surface area contributed by atoms with Crippen molar-refractivity contribution < 1.29 is 14.6 Å². The Hall–Kier alpha value is -2.60. The van der Waals surface area contributed by atoms with Crippen LogP contribution in [0.4, 0.5) is 5.69 Å². The van der Waals surface area contributed by atoms with Crippen molar-refractivity contribution in [1.82, 2.24) is 9.88 Å². The maximum atomic E-state index is 12.7. The van der Waals surface area contributed by atoms with E-state index >= 15 is 0 Å². The second-order valence-corrected chi connectivity index (χ2v) is 9.12. The fourth-order valence-corrected chi connectivity index (χ4v) is 4.95. The smallest absolute Gasteiger partial charge is 0.222 e. The molecule has 1 aromatic heterocycles. The van der Waals surface area contributed by atoms with Gasteiger partial charge in [0.2, 0.25) is 11.8 Å². The maximum Gasteiger partial charge on any atom is 0.222 e. The van der Waals surface area contributed by atoms with Gasteiger partial charge < -0.3 is 19.6 Å². The van der Waals surface area contributed by atoms with E-state index < -0.39 is 0 Å². The van der Waals surface area contributed by atoms with Crippen molar-refractivity contribution in [1.29, 1.82) is 0 Å². The molecule has 3 saturated heterocycles. The highest BCUT2D eigenvalue weighted by atomic mass is 16.5. The van der Waals surface area contributed by atoms with Crippen LogP contribution < -0.4 is 9.64 Å². The number of rotatable bonds is 6. The fraction of sp³-hybridized carbons (Fsp3) is 0.500. The number of aliphatic hydroxyl groups is 1. The number of carbonyl (C=O) groups is 1. The number of anilines is 1. The fourth-order valence-electron chi connectivity index (χ4n) is 4.95. The van der Waals surface area contributed by atoms with E-state index in [0.717, 1.165) is 37.5 Å². The van der Waals surface area contributed by atoms with Crippen molar-refractivity contribution in [2.75, 3.05) is 31.1 Å². The third-order valence-corrected chi connectivity index (χ3v) is 6.35. The van der Waals surface area contributed by atoms with Gasteiger partial charge in [-0.25, -0.2) is 4.98 Å². The number of amides is 1. The van der Waals surface area contributed by atoms with Crippen LogP contribution in [-0.2, 0) is 4.79 Å². The van der Waals surface area contributed by atoms with Crippen LogP contribution in [0.2, 0.25) is 0 Å². The van der Waals surface area contributed by atoms with Gasteiger partial charge >= 0.3 is 0 Å². The van der Waals surface area contributed by atoms with E-state index in [1.54, 1.807) is 6.20 Å². The molecule has 2 atom stereocenters. The number of ether oxygens (including phenoxy) is 1. The predicted molar refractivity (Wildman–Crippen MR) is 117 cm³/mol. The van der Waals surface area contributed by atoms with E-state index in [0.29, 0.717) is 24.6 Å². The molecule has 5 rings (SSSR count). The topological polar surface area (TPSA) is 65.9 Å². The minimum atomic E-state index is 0.0664. The van der Waals surface area contributed by atoms with E-state index in [2.05, 4.69) is 35.9 Å². The van der Waals surface area contributed by atoms with Crippen molar-refractivity contribution in [3.63, 3.8) is 0 Å². The number of nitrogens with zero attached hydrogens (tertiary/aromatic N) is 3. The molecule has 3 aliphatic rings. The molecule has 6 heteroatoms. The summed E-state index contributed by atoms with van der Waals surface area (Å²) in [6, 6.07) is 14.0. The lowest BCUT2D eigenvalue weighted by Crippen LogP contribution is -2.54. The van der Waals surface area contributed by atoms with E-state index in [-0.39, 0.29) is 24.0 Å². The van der Waals surface area contributed by atoms with Crippen LogP contribution in [0.3, 0.4) is 0 Å². The molecule has 0 spiro atoms. The van der Waals surface area contributed by atoms with Crippen LogP contribution in [0.1, 0.15) is 33.1 Å². The first-order valence-electron chi connectivity index (χ1n) is 10.8. The molecule has 30 heavy (non-hydrogen) atoms. The number of hydrogen-bond donors (Lipinski definition) is 1. The highest BCUT2D eigenvalue weighted by Crippen LogP contribution is 2.43. The van der Waals surface area contributed by atoms with Gasteiger partial charge in [0, 0.05) is 50.6 Å². The van der Waals surface area contributed by atoms with E-state index in [9.17, 15) is 4.79 Å². The Kier molecular flexibility index (Phi) is 5.95. The molecule has 3 fully saturated rings. The molecule has 4 heterocycles. The highest BCUT2D eigenvalue weighted by molar-refractivity contribution is 5.76. The van der Waals surface area contributed by atoms with Gasteiger partial charge in [-0.15, -0.1) is 0 Å². The number of aromatic nitrogens is 1. The molecule has 3 aliphatic heterocycles. The van der Waals surface area contributed by atoms with Crippen molar-refractivity contribution in [3.05, 3.63) is 48.7 Å². The number of benzene rings is 1. The van der Waals surface area contributed by atoms with Crippen molar-refractivity contribution >= 4 is 11.6 Å². The third-order valence-electron chi connectivity index (χ3n) is 6.35. The molecule has 1 unspecified atom stereocenters. The molecule has 1 aromatic carbocycles. The zero-order valence-corrected chi connectivity index (χ0v) is 17.8. The monoisotopic (exact) mass is 409 g/mol. The predicted octanol–water partition coefficient (Wildman–Crippen LogP) is 3.71. The summed E-state index contributed by atoms with van der Waals surface area (Å²) >= 11 is 0. The molecule has 0 radical (unpaired) electrons. The third kappa shape index (κ3) is 4.43. The number of pyridine rings is 1. The minimum Gasteiger partial charge on any atom is -0.439 e. The summed E-state index contributed by atoms with van der Waals surface area (Å²) in [5.74, 6) is 1.95. The molecule has 1 N–H and O–H groups in total. The lowest BCUT2D eigenvalue weighted by Gasteiger charge is -2.48. The summed E-state index contributed by atoms with van der Waals surface area (Å²) < 4.78 is 5.83. The van der Waals surface area contributed by atoms with Gasteiger partial charge in [0.25, 0.3) is 0 Å². The number of piperidine rings is 1. The molecule has 1 amide bonds. The number of hydrogen-bond acceptors (Lipinski definition) is 5. The van der Waals surface area contributed by atoms with Crippen LogP contribution in [0, 0.1) is 11.3 Å². The van der Waals surface area contributed by atoms with Gasteiger partial charge in [0.05, 0.1) is 6.04 Å². The molecular weight excluding hydrogens is 378 g/mol. The number of fused-ring (bicyclic) bond motifs is 4. The Morgan fingerprint density at radius 3 is 2.67 bits per heavy atom. The Labute approximate surface area is 178 Å². The average Bonchev–Trinajstić information content (AvgIpc) is 3.00. The summed E-state index contributed by atoms with van der Waals surface area (Å²) in [5, 5.41) is 9.08.